The number of nitrogens with one attached hydrogen (secondary N) is 1. The number of hydrogen-bond donors (Lipinski definition) is 2. The van der Waals surface area contributed by atoms with Crippen LogP contribution in [-0.2, 0) is 4.74 Å². The Balaban J connectivity index is 2.08. The summed E-state index contributed by atoms with van der Waals surface area (Å²) < 4.78 is 5.21. The minimum atomic E-state index is -0.338. The zero-order valence-corrected chi connectivity index (χ0v) is 8.22. The molecule has 0 saturated carbocycles. The van der Waals surface area contributed by atoms with Crippen molar-refractivity contribution in [2.45, 2.75) is 0 Å². The lowest BCUT2D eigenvalue weighted by Gasteiger charge is -2.28. The monoisotopic (exact) mass is 211 g/mol. The number of carbonyl (C=O) groups excluding carboxylic acids is 1. The van der Waals surface area contributed by atoms with Gasteiger partial charge in [0, 0.05) is 0 Å². The van der Waals surface area contributed by atoms with Crippen LogP contribution in [0.3, 0.4) is 0 Å². The minimum Gasteiger partial charge on any atom is -0.378 e. The smallest absolute Gasteiger partial charge is 0.268 e. The van der Waals surface area contributed by atoms with Crippen LogP contribution in [0.4, 0.5) is 0 Å². The number of aromatic nitrogens is 2. The van der Waals surface area contributed by atoms with Crippen molar-refractivity contribution in [3.8, 4) is 0 Å². The third kappa shape index (κ3) is 2.08. The summed E-state index contributed by atoms with van der Waals surface area (Å²) in [6.07, 6.45) is 3.13. The highest BCUT2D eigenvalue weighted by Gasteiger charge is 2.13. The summed E-state index contributed by atoms with van der Waals surface area (Å²) in [6.45, 7) is 2.90. The van der Waals surface area contributed by atoms with Gasteiger partial charge in [0.2, 0.25) is 0 Å². The van der Waals surface area contributed by atoms with E-state index in [2.05, 4.69) is 10.5 Å². The van der Waals surface area contributed by atoms with Crippen LogP contribution >= 0.6 is 0 Å². The first-order valence-corrected chi connectivity index (χ1v) is 4.70. The number of rotatable bonds is 2. The Morgan fingerprint density at radius 2 is 2.27 bits per heavy atom. The number of ether oxygens (including phenoxy) is 1. The van der Waals surface area contributed by atoms with Crippen molar-refractivity contribution in [1.82, 2.24) is 15.3 Å². The molecule has 1 saturated heterocycles. The van der Waals surface area contributed by atoms with Crippen LogP contribution in [0.5, 0.6) is 0 Å². The molecule has 1 aromatic heterocycles. The van der Waals surface area contributed by atoms with Crippen molar-refractivity contribution in [3.05, 3.63) is 18.0 Å². The molecule has 1 aromatic rings. The molecule has 2 rings (SSSR count). The van der Waals surface area contributed by atoms with Gasteiger partial charge in [-0.2, -0.15) is 9.89 Å². The van der Waals surface area contributed by atoms with Crippen molar-refractivity contribution in [2.75, 3.05) is 31.3 Å². The molecule has 0 aliphatic carbocycles. The van der Waals surface area contributed by atoms with Gasteiger partial charge in [0.05, 0.1) is 44.3 Å². The predicted octanol–water partition coefficient (Wildman–Crippen LogP) is -1.55. The molecule has 1 aliphatic rings. The van der Waals surface area contributed by atoms with Gasteiger partial charge in [-0.15, -0.1) is 0 Å². The Morgan fingerprint density at radius 1 is 1.53 bits per heavy atom. The molecule has 2 heterocycles. The van der Waals surface area contributed by atoms with E-state index >= 15 is 0 Å². The molecule has 1 amide bonds. The molecule has 1 aliphatic heterocycles. The summed E-state index contributed by atoms with van der Waals surface area (Å²) in [6, 6.07) is 0. The fraction of sp³-hybridized carbons (Fsp3) is 0.500. The normalized spacial score (nSPS) is 16.5. The van der Waals surface area contributed by atoms with Crippen LogP contribution in [0.15, 0.2) is 12.4 Å². The Bertz CT molecular complexity index is 345. The molecular formula is C8H13N5O2. The highest BCUT2D eigenvalue weighted by atomic mass is 16.5. The van der Waals surface area contributed by atoms with Gasteiger partial charge < -0.3 is 4.74 Å². The Morgan fingerprint density at radius 3 is 2.93 bits per heavy atom. The second kappa shape index (κ2) is 4.28. The summed E-state index contributed by atoms with van der Waals surface area (Å²) in [5, 5.41) is 6.08. The van der Waals surface area contributed by atoms with Crippen molar-refractivity contribution in [2.24, 2.45) is 5.84 Å². The maximum atomic E-state index is 11.2. The third-order valence-electron chi connectivity index (χ3n) is 2.24. The van der Waals surface area contributed by atoms with Gasteiger partial charge in [0.1, 0.15) is 0 Å². The molecule has 15 heavy (non-hydrogen) atoms. The van der Waals surface area contributed by atoms with E-state index in [4.69, 9.17) is 10.6 Å². The highest BCUT2D eigenvalue weighted by molar-refractivity contribution is 5.93. The zero-order valence-electron chi connectivity index (χ0n) is 8.22. The molecule has 3 N–H and O–H groups in total. The fourth-order valence-electron chi connectivity index (χ4n) is 1.43. The zero-order chi connectivity index (χ0) is 10.7. The maximum Gasteiger partial charge on any atom is 0.268 e. The lowest BCUT2D eigenvalue weighted by molar-refractivity contribution is 0.0953. The number of hydrogen-bond acceptors (Lipinski definition) is 5. The van der Waals surface area contributed by atoms with Crippen molar-refractivity contribution in [3.63, 3.8) is 0 Å². The molecular weight excluding hydrogens is 198 g/mol. The van der Waals surface area contributed by atoms with Gasteiger partial charge in [-0.3, -0.25) is 15.2 Å². The number of nitrogens with two attached hydrogens (primary N) is 1. The molecule has 0 aromatic carbocycles. The molecule has 82 valence electrons. The van der Waals surface area contributed by atoms with Crippen molar-refractivity contribution in [1.29, 1.82) is 0 Å². The first kappa shape index (κ1) is 9.94. The van der Waals surface area contributed by atoms with E-state index < -0.39 is 0 Å². The summed E-state index contributed by atoms with van der Waals surface area (Å²) in [5.74, 6) is 4.68. The van der Waals surface area contributed by atoms with E-state index in [0.717, 1.165) is 13.1 Å². The SMILES string of the molecule is NNC(=O)c1cnn(N2CCOCC2)c1. The van der Waals surface area contributed by atoms with Crippen LogP contribution < -0.4 is 16.3 Å². The topological polar surface area (TPSA) is 85.4 Å². The van der Waals surface area contributed by atoms with E-state index in [9.17, 15) is 4.79 Å². The number of nitrogen functional groups attached to an aromatic ring is 1. The lowest BCUT2D eigenvalue weighted by Crippen LogP contribution is -2.44. The molecule has 7 nitrogen and oxygen atoms in total. The van der Waals surface area contributed by atoms with Gasteiger partial charge in [-0.1, -0.05) is 0 Å². The first-order chi connectivity index (χ1) is 7.31. The van der Waals surface area contributed by atoms with Gasteiger partial charge in [-0.05, 0) is 0 Å². The van der Waals surface area contributed by atoms with Gasteiger partial charge in [0.15, 0.2) is 0 Å². The second-order valence-electron chi connectivity index (χ2n) is 3.19. The summed E-state index contributed by atoms with van der Waals surface area (Å²) in [5.41, 5.74) is 2.51. The number of hydrazine groups is 1. The maximum absolute atomic E-state index is 11.2. The van der Waals surface area contributed by atoms with E-state index in [1.807, 2.05) is 5.01 Å². The number of morpholine rings is 1. The van der Waals surface area contributed by atoms with Crippen LogP contribution in [0.1, 0.15) is 10.4 Å². The molecule has 0 bridgehead atoms. The average Bonchev–Trinajstić information content (AvgIpc) is 2.78. The molecule has 0 radical (unpaired) electrons. The molecule has 7 heteroatoms. The molecule has 0 spiro atoms. The Labute approximate surface area is 86.7 Å². The van der Waals surface area contributed by atoms with Gasteiger partial charge >= 0.3 is 0 Å². The average molecular weight is 211 g/mol. The van der Waals surface area contributed by atoms with E-state index in [-0.39, 0.29) is 5.91 Å². The predicted molar refractivity (Wildman–Crippen MR) is 52.7 cm³/mol. The van der Waals surface area contributed by atoms with E-state index in [1.165, 1.54) is 6.20 Å². The van der Waals surface area contributed by atoms with E-state index in [0.29, 0.717) is 18.8 Å². The molecule has 1 fully saturated rings. The molecule has 0 atom stereocenters. The van der Waals surface area contributed by atoms with Crippen molar-refractivity contribution >= 4 is 5.91 Å². The van der Waals surface area contributed by atoms with Gasteiger partial charge in [-0.25, -0.2) is 5.84 Å². The lowest BCUT2D eigenvalue weighted by atomic mass is 10.3. The van der Waals surface area contributed by atoms with Crippen LogP contribution in [-0.4, -0.2) is 42.1 Å². The molecule has 0 unspecified atom stereocenters. The Kier molecular flexibility index (Phi) is 2.84. The summed E-state index contributed by atoms with van der Waals surface area (Å²) in [7, 11) is 0. The number of nitrogens with zero attached hydrogens (tertiary/aromatic N) is 3. The van der Waals surface area contributed by atoms with Gasteiger partial charge in [0.25, 0.3) is 5.91 Å². The number of carbonyl (C=O) groups is 1. The summed E-state index contributed by atoms with van der Waals surface area (Å²) >= 11 is 0. The van der Waals surface area contributed by atoms with E-state index in [1.54, 1.807) is 11.0 Å². The third-order valence-corrected chi connectivity index (χ3v) is 2.24. The van der Waals surface area contributed by atoms with Crippen molar-refractivity contribution < 1.29 is 9.53 Å². The fourth-order valence-corrected chi connectivity index (χ4v) is 1.43. The largest absolute Gasteiger partial charge is 0.378 e. The first-order valence-electron chi connectivity index (χ1n) is 4.70. The summed E-state index contributed by atoms with van der Waals surface area (Å²) in [4.78, 5) is 12.8. The standard InChI is InChI=1S/C8H13N5O2/c9-11-8(14)7-5-10-13(6-7)12-1-3-15-4-2-12/h5-6H,1-4,9H2,(H,11,14). The minimum absolute atomic E-state index is 0.338. The van der Waals surface area contributed by atoms with Crippen LogP contribution in [0.25, 0.3) is 0 Å². The van der Waals surface area contributed by atoms with Crippen LogP contribution in [0.2, 0.25) is 0 Å². The second-order valence-corrected chi connectivity index (χ2v) is 3.19. The van der Waals surface area contributed by atoms with Crippen LogP contribution in [0, 0.1) is 0 Å². The highest BCUT2D eigenvalue weighted by Crippen LogP contribution is 2.00. The number of amides is 1. The quantitative estimate of drug-likeness (QED) is 0.351. The Hall–Kier alpha value is -1.60.